The van der Waals surface area contributed by atoms with Gasteiger partial charge in [-0.05, 0) is 54.4 Å². The number of carbonyl (C=O) groups is 1. The van der Waals surface area contributed by atoms with Crippen molar-refractivity contribution in [3.8, 4) is 11.3 Å². The van der Waals surface area contributed by atoms with Crippen LogP contribution < -0.4 is 0 Å². The Bertz CT molecular complexity index is 805. The van der Waals surface area contributed by atoms with Gasteiger partial charge in [-0.1, -0.05) is 15.9 Å². The molecule has 2 nitrogen and oxygen atoms in total. The van der Waals surface area contributed by atoms with Gasteiger partial charge in [0.15, 0.2) is 6.29 Å². The first kappa shape index (κ1) is 13.1. The monoisotopic (exact) mass is 331 g/mol. The minimum Gasteiger partial charge on any atom is -0.354 e. The number of aldehydes is 1. The van der Waals surface area contributed by atoms with Crippen molar-refractivity contribution in [3.05, 3.63) is 57.8 Å². The number of rotatable bonds is 2. The van der Waals surface area contributed by atoms with E-state index >= 15 is 0 Å². The minimum atomic E-state index is -0.295. The van der Waals surface area contributed by atoms with Crippen LogP contribution in [0, 0.1) is 12.7 Å². The van der Waals surface area contributed by atoms with Crippen molar-refractivity contribution in [2.75, 3.05) is 0 Å². The first-order chi connectivity index (χ1) is 9.60. The SMILES string of the molecule is Cc1cc(Br)cc2c(C=O)c(-c3ccc(F)cc3)[nH]c12. The van der Waals surface area contributed by atoms with Crippen molar-refractivity contribution in [1.82, 2.24) is 4.98 Å². The highest BCUT2D eigenvalue weighted by Gasteiger charge is 2.14. The van der Waals surface area contributed by atoms with E-state index in [1.54, 1.807) is 12.1 Å². The van der Waals surface area contributed by atoms with Crippen LogP contribution >= 0.6 is 15.9 Å². The number of fused-ring (bicyclic) bond motifs is 1. The number of aromatic nitrogens is 1. The normalized spacial score (nSPS) is 10.9. The predicted molar refractivity (Wildman–Crippen MR) is 81.5 cm³/mol. The second-order valence-electron chi connectivity index (χ2n) is 4.68. The van der Waals surface area contributed by atoms with Crippen molar-refractivity contribution < 1.29 is 9.18 Å². The van der Waals surface area contributed by atoms with Crippen LogP contribution in [0.2, 0.25) is 0 Å². The molecule has 0 aliphatic heterocycles. The fourth-order valence-electron chi connectivity index (χ4n) is 2.42. The molecule has 0 saturated heterocycles. The van der Waals surface area contributed by atoms with E-state index in [9.17, 15) is 9.18 Å². The van der Waals surface area contributed by atoms with Crippen LogP contribution in [0.15, 0.2) is 40.9 Å². The van der Waals surface area contributed by atoms with E-state index in [1.807, 2.05) is 19.1 Å². The molecular formula is C16H11BrFNO. The number of H-pyrrole nitrogens is 1. The number of hydrogen-bond acceptors (Lipinski definition) is 1. The van der Waals surface area contributed by atoms with Crippen LogP contribution in [0.1, 0.15) is 15.9 Å². The molecule has 0 aliphatic carbocycles. The molecule has 0 bridgehead atoms. The lowest BCUT2D eigenvalue weighted by molar-refractivity contribution is 0.112. The molecule has 0 radical (unpaired) electrons. The van der Waals surface area contributed by atoms with Gasteiger partial charge in [-0.3, -0.25) is 4.79 Å². The molecule has 1 N–H and O–H groups in total. The summed E-state index contributed by atoms with van der Waals surface area (Å²) < 4.78 is 13.9. The lowest BCUT2D eigenvalue weighted by atomic mass is 10.1. The Balaban J connectivity index is 2.33. The van der Waals surface area contributed by atoms with E-state index in [-0.39, 0.29) is 5.82 Å². The Labute approximate surface area is 123 Å². The zero-order valence-corrected chi connectivity index (χ0v) is 12.3. The Morgan fingerprint density at radius 3 is 2.55 bits per heavy atom. The van der Waals surface area contributed by atoms with Crippen molar-refractivity contribution >= 4 is 33.1 Å². The van der Waals surface area contributed by atoms with E-state index in [0.717, 1.165) is 38.5 Å². The van der Waals surface area contributed by atoms with Gasteiger partial charge in [-0.2, -0.15) is 0 Å². The standard InChI is InChI=1S/C16H11BrFNO/c1-9-6-11(17)7-13-14(8-20)16(19-15(9)13)10-2-4-12(18)5-3-10/h2-8,19H,1H3. The largest absolute Gasteiger partial charge is 0.354 e. The second-order valence-corrected chi connectivity index (χ2v) is 5.60. The molecule has 0 spiro atoms. The summed E-state index contributed by atoms with van der Waals surface area (Å²) in [6, 6.07) is 10.0. The Morgan fingerprint density at radius 1 is 1.20 bits per heavy atom. The number of carbonyl (C=O) groups excluding carboxylic acids is 1. The molecule has 1 aromatic heterocycles. The predicted octanol–water partition coefficient (Wildman–Crippen LogP) is 4.86. The molecule has 1 heterocycles. The third-order valence-corrected chi connectivity index (χ3v) is 3.82. The van der Waals surface area contributed by atoms with Gasteiger partial charge in [-0.25, -0.2) is 4.39 Å². The Hall–Kier alpha value is -1.94. The van der Waals surface area contributed by atoms with Crippen LogP contribution in [0.3, 0.4) is 0 Å². The number of hydrogen-bond donors (Lipinski definition) is 1. The van der Waals surface area contributed by atoms with Crippen molar-refractivity contribution in [2.24, 2.45) is 0 Å². The van der Waals surface area contributed by atoms with Crippen LogP contribution in [-0.2, 0) is 0 Å². The lowest BCUT2D eigenvalue weighted by Crippen LogP contribution is -1.85. The summed E-state index contributed by atoms with van der Waals surface area (Å²) in [6.07, 6.45) is 0.837. The second kappa shape index (κ2) is 4.87. The highest BCUT2D eigenvalue weighted by molar-refractivity contribution is 9.10. The summed E-state index contributed by atoms with van der Waals surface area (Å²) in [7, 11) is 0. The number of aromatic amines is 1. The molecule has 0 atom stereocenters. The highest BCUT2D eigenvalue weighted by atomic mass is 79.9. The maximum atomic E-state index is 13.0. The zero-order valence-electron chi connectivity index (χ0n) is 10.7. The molecule has 4 heteroatoms. The van der Waals surface area contributed by atoms with Crippen molar-refractivity contribution in [3.63, 3.8) is 0 Å². The molecule has 0 amide bonds. The molecule has 20 heavy (non-hydrogen) atoms. The summed E-state index contributed by atoms with van der Waals surface area (Å²) in [5.74, 6) is -0.295. The van der Waals surface area contributed by atoms with Gasteiger partial charge in [-0.15, -0.1) is 0 Å². The first-order valence-corrected chi connectivity index (χ1v) is 6.92. The number of aryl methyl sites for hydroxylation is 1. The number of halogens is 2. The number of nitrogens with one attached hydrogen (secondary N) is 1. The van der Waals surface area contributed by atoms with E-state index < -0.39 is 0 Å². The average Bonchev–Trinajstić information content (AvgIpc) is 2.78. The molecule has 2 aromatic carbocycles. The average molecular weight is 332 g/mol. The summed E-state index contributed by atoms with van der Waals surface area (Å²) in [5, 5.41) is 0.867. The van der Waals surface area contributed by atoms with Gasteiger partial charge >= 0.3 is 0 Å². The maximum Gasteiger partial charge on any atom is 0.152 e. The van der Waals surface area contributed by atoms with Crippen LogP contribution in [-0.4, -0.2) is 11.3 Å². The van der Waals surface area contributed by atoms with Gasteiger partial charge in [0.2, 0.25) is 0 Å². The Morgan fingerprint density at radius 2 is 1.90 bits per heavy atom. The fraction of sp³-hybridized carbons (Fsp3) is 0.0625. The topological polar surface area (TPSA) is 32.9 Å². The quantitative estimate of drug-likeness (QED) is 0.668. The Kier molecular flexibility index (Phi) is 3.18. The van der Waals surface area contributed by atoms with Crippen LogP contribution in [0.25, 0.3) is 22.2 Å². The third-order valence-electron chi connectivity index (χ3n) is 3.36. The van der Waals surface area contributed by atoms with Crippen molar-refractivity contribution in [2.45, 2.75) is 6.92 Å². The molecular weight excluding hydrogens is 321 g/mol. The molecule has 3 aromatic rings. The maximum absolute atomic E-state index is 13.0. The summed E-state index contributed by atoms with van der Waals surface area (Å²) in [6.45, 7) is 1.98. The van der Waals surface area contributed by atoms with Crippen LogP contribution in [0.4, 0.5) is 4.39 Å². The van der Waals surface area contributed by atoms with Crippen LogP contribution in [0.5, 0.6) is 0 Å². The smallest absolute Gasteiger partial charge is 0.152 e. The fourth-order valence-corrected chi connectivity index (χ4v) is 2.99. The lowest BCUT2D eigenvalue weighted by Gasteiger charge is -1.99. The minimum absolute atomic E-state index is 0.295. The van der Waals surface area contributed by atoms with Gasteiger partial charge in [0.05, 0.1) is 5.69 Å². The van der Waals surface area contributed by atoms with Gasteiger partial charge in [0, 0.05) is 20.9 Å². The van der Waals surface area contributed by atoms with E-state index in [1.165, 1.54) is 12.1 Å². The molecule has 0 fully saturated rings. The zero-order chi connectivity index (χ0) is 14.3. The first-order valence-electron chi connectivity index (χ1n) is 6.13. The van der Waals surface area contributed by atoms with E-state index in [0.29, 0.717) is 5.56 Å². The van der Waals surface area contributed by atoms with E-state index in [4.69, 9.17) is 0 Å². The number of benzene rings is 2. The molecule has 0 aliphatic rings. The van der Waals surface area contributed by atoms with Gasteiger partial charge in [0.1, 0.15) is 5.82 Å². The molecule has 0 unspecified atom stereocenters. The molecule has 100 valence electrons. The highest BCUT2D eigenvalue weighted by Crippen LogP contribution is 2.32. The summed E-state index contributed by atoms with van der Waals surface area (Å²) >= 11 is 3.44. The molecule has 3 rings (SSSR count). The van der Waals surface area contributed by atoms with Crippen molar-refractivity contribution in [1.29, 1.82) is 0 Å². The van der Waals surface area contributed by atoms with Gasteiger partial charge in [0.25, 0.3) is 0 Å². The van der Waals surface area contributed by atoms with Gasteiger partial charge < -0.3 is 4.98 Å². The van der Waals surface area contributed by atoms with E-state index in [2.05, 4.69) is 20.9 Å². The molecule has 0 saturated carbocycles. The summed E-state index contributed by atoms with van der Waals surface area (Å²) in [4.78, 5) is 14.7. The third kappa shape index (κ3) is 2.06. The summed E-state index contributed by atoms with van der Waals surface area (Å²) in [5.41, 5.74) is 4.08.